The first-order chi connectivity index (χ1) is 13.2. The maximum Gasteiger partial charge on any atom is 0.573 e. The zero-order valence-electron chi connectivity index (χ0n) is 15.6. The monoisotopic (exact) mass is 397 g/mol. The molecule has 1 aliphatic rings. The fourth-order valence-corrected chi connectivity index (χ4v) is 3.49. The largest absolute Gasteiger partial charge is 0.573 e. The van der Waals surface area contributed by atoms with E-state index in [4.69, 9.17) is 4.74 Å². The van der Waals surface area contributed by atoms with E-state index in [-0.39, 0.29) is 5.75 Å². The predicted molar refractivity (Wildman–Crippen MR) is 97.2 cm³/mol. The zero-order chi connectivity index (χ0) is 20.5. The van der Waals surface area contributed by atoms with Crippen LogP contribution in [0.3, 0.4) is 0 Å². The highest BCUT2D eigenvalue weighted by atomic mass is 19.4. The summed E-state index contributed by atoms with van der Waals surface area (Å²) in [6.45, 7) is 0.561. The number of ether oxygens (including phenoxy) is 2. The van der Waals surface area contributed by atoms with Crippen LogP contribution in [-0.4, -0.2) is 48.8 Å². The van der Waals surface area contributed by atoms with Crippen molar-refractivity contribution in [1.82, 2.24) is 4.90 Å². The molecule has 0 aliphatic carbocycles. The van der Waals surface area contributed by atoms with E-state index in [9.17, 15) is 23.4 Å². The number of halogens is 3. The van der Waals surface area contributed by atoms with E-state index in [2.05, 4.69) is 4.74 Å². The van der Waals surface area contributed by atoms with Crippen LogP contribution in [0.2, 0.25) is 0 Å². The lowest BCUT2D eigenvalue weighted by atomic mass is 9.89. The molecule has 0 spiro atoms. The third-order valence-corrected chi connectivity index (χ3v) is 4.50. The lowest BCUT2D eigenvalue weighted by Gasteiger charge is -2.22. The summed E-state index contributed by atoms with van der Waals surface area (Å²) in [6.07, 6.45) is -5.18. The Morgan fingerprint density at radius 3 is 2.46 bits per heavy atom. The quantitative estimate of drug-likeness (QED) is 0.784. The van der Waals surface area contributed by atoms with E-state index in [1.165, 1.54) is 12.1 Å². The molecule has 0 amide bonds. The molecule has 1 heterocycles. The number of aliphatic hydroxyl groups is 2. The van der Waals surface area contributed by atoms with Crippen LogP contribution in [0, 0.1) is 0 Å². The van der Waals surface area contributed by atoms with E-state index in [0.717, 1.165) is 16.7 Å². The van der Waals surface area contributed by atoms with Crippen LogP contribution in [-0.2, 0) is 13.0 Å². The fourth-order valence-electron chi connectivity index (χ4n) is 3.49. The van der Waals surface area contributed by atoms with Gasteiger partial charge in [-0.1, -0.05) is 12.1 Å². The number of aliphatic hydroxyl groups excluding tert-OH is 2. The molecule has 2 aromatic rings. The maximum absolute atomic E-state index is 12.4. The molecule has 0 saturated carbocycles. The Morgan fingerprint density at radius 1 is 1.21 bits per heavy atom. The van der Waals surface area contributed by atoms with Gasteiger partial charge in [0, 0.05) is 24.1 Å². The van der Waals surface area contributed by atoms with E-state index in [1.807, 2.05) is 25.1 Å². The number of hydrogen-bond acceptors (Lipinski definition) is 5. The van der Waals surface area contributed by atoms with Gasteiger partial charge < -0.3 is 24.6 Å². The van der Waals surface area contributed by atoms with Gasteiger partial charge in [0.2, 0.25) is 0 Å². The summed E-state index contributed by atoms with van der Waals surface area (Å²) in [5.41, 5.74) is 3.73. The zero-order valence-corrected chi connectivity index (χ0v) is 15.6. The van der Waals surface area contributed by atoms with Crippen molar-refractivity contribution < 1.29 is 32.9 Å². The number of rotatable bonds is 6. The molecule has 2 aromatic carbocycles. The first kappa shape index (κ1) is 20.4. The highest BCUT2D eigenvalue weighted by Crippen LogP contribution is 2.43. The lowest BCUT2D eigenvalue weighted by Crippen LogP contribution is -2.17. The minimum atomic E-state index is -4.74. The average molecular weight is 397 g/mol. The van der Waals surface area contributed by atoms with E-state index >= 15 is 0 Å². The molecule has 1 atom stereocenters. The van der Waals surface area contributed by atoms with Gasteiger partial charge in [-0.15, -0.1) is 13.2 Å². The smallest absolute Gasteiger partial charge is 0.492 e. The van der Waals surface area contributed by atoms with Gasteiger partial charge >= 0.3 is 6.36 Å². The third-order valence-electron chi connectivity index (χ3n) is 4.50. The van der Waals surface area contributed by atoms with Crippen LogP contribution < -0.4 is 9.47 Å². The minimum absolute atomic E-state index is 0.297. The van der Waals surface area contributed by atoms with Crippen LogP contribution >= 0.6 is 0 Å². The number of alkyl halides is 3. The SMILES string of the molecule is CN(C)Cc1cc(-c2ccc(OC(F)(F)F)cc2)c2c(c1C(O)CO)CCO2. The van der Waals surface area contributed by atoms with Crippen molar-refractivity contribution in [2.75, 3.05) is 27.3 Å². The van der Waals surface area contributed by atoms with Crippen molar-refractivity contribution in [3.05, 3.63) is 47.0 Å². The predicted octanol–water partition coefficient (Wildman–Crippen LogP) is 3.27. The topological polar surface area (TPSA) is 62.2 Å². The second kappa shape index (κ2) is 7.98. The third kappa shape index (κ3) is 4.40. The molecule has 152 valence electrons. The van der Waals surface area contributed by atoms with Gasteiger partial charge in [-0.05, 0) is 49.0 Å². The highest BCUT2D eigenvalue weighted by Gasteiger charge is 2.31. The molecule has 0 aromatic heterocycles. The Balaban J connectivity index is 2.07. The van der Waals surface area contributed by atoms with Crippen molar-refractivity contribution in [2.45, 2.75) is 25.4 Å². The van der Waals surface area contributed by atoms with Gasteiger partial charge in [0.1, 0.15) is 17.6 Å². The molecule has 28 heavy (non-hydrogen) atoms. The highest BCUT2D eigenvalue weighted by molar-refractivity contribution is 5.76. The lowest BCUT2D eigenvalue weighted by molar-refractivity contribution is -0.274. The molecular weight excluding hydrogens is 375 g/mol. The van der Waals surface area contributed by atoms with Gasteiger partial charge in [-0.2, -0.15) is 0 Å². The molecule has 0 saturated heterocycles. The van der Waals surface area contributed by atoms with Gasteiger partial charge in [0.15, 0.2) is 0 Å². The fraction of sp³-hybridized carbons (Fsp3) is 0.400. The number of hydrogen-bond donors (Lipinski definition) is 2. The van der Waals surface area contributed by atoms with E-state index in [0.29, 0.717) is 36.4 Å². The van der Waals surface area contributed by atoms with Gasteiger partial charge in [0.25, 0.3) is 0 Å². The second-order valence-electron chi connectivity index (χ2n) is 6.91. The van der Waals surface area contributed by atoms with Crippen LogP contribution in [0.25, 0.3) is 11.1 Å². The standard InChI is InChI=1S/C20H22F3NO4/c1-24(2)10-13-9-16(12-3-5-14(6-4-12)28-20(21,22)23)19-15(7-8-27-19)18(13)17(26)11-25/h3-6,9,17,25-26H,7-8,10-11H2,1-2H3. The molecule has 0 fully saturated rings. The summed E-state index contributed by atoms with van der Waals surface area (Å²) in [4.78, 5) is 1.94. The molecule has 1 unspecified atom stereocenters. The summed E-state index contributed by atoms with van der Waals surface area (Å²) in [5.74, 6) is 0.296. The summed E-state index contributed by atoms with van der Waals surface area (Å²) >= 11 is 0. The summed E-state index contributed by atoms with van der Waals surface area (Å²) in [6, 6.07) is 7.45. The van der Waals surface area contributed by atoms with Crippen LogP contribution in [0.5, 0.6) is 11.5 Å². The van der Waals surface area contributed by atoms with Crippen molar-refractivity contribution in [2.24, 2.45) is 0 Å². The molecule has 8 heteroatoms. The molecule has 2 N–H and O–H groups in total. The second-order valence-corrected chi connectivity index (χ2v) is 6.91. The Kier molecular flexibility index (Phi) is 5.83. The molecule has 5 nitrogen and oxygen atoms in total. The van der Waals surface area contributed by atoms with E-state index in [1.54, 1.807) is 12.1 Å². The van der Waals surface area contributed by atoms with Crippen molar-refractivity contribution in [3.63, 3.8) is 0 Å². The summed E-state index contributed by atoms with van der Waals surface area (Å²) in [7, 11) is 3.78. The Hall–Kier alpha value is -2.29. The Morgan fingerprint density at radius 2 is 1.89 bits per heavy atom. The minimum Gasteiger partial charge on any atom is -0.492 e. The molecule has 1 aliphatic heterocycles. The number of fused-ring (bicyclic) bond motifs is 1. The van der Waals surface area contributed by atoms with Crippen LogP contribution in [0.4, 0.5) is 13.2 Å². The summed E-state index contributed by atoms with van der Waals surface area (Å²) < 4.78 is 46.8. The maximum atomic E-state index is 12.4. The van der Waals surface area contributed by atoms with Crippen molar-refractivity contribution in [3.8, 4) is 22.6 Å². The van der Waals surface area contributed by atoms with E-state index < -0.39 is 19.1 Å². The Bertz CT molecular complexity index is 835. The van der Waals surface area contributed by atoms with Gasteiger partial charge in [-0.25, -0.2) is 0 Å². The molecule has 0 bridgehead atoms. The van der Waals surface area contributed by atoms with Crippen LogP contribution in [0.15, 0.2) is 30.3 Å². The first-order valence-corrected chi connectivity index (χ1v) is 8.81. The summed E-state index contributed by atoms with van der Waals surface area (Å²) in [5, 5.41) is 19.8. The number of benzene rings is 2. The molecule has 3 rings (SSSR count). The van der Waals surface area contributed by atoms with Gasteiger partial charge in [-0.3, -0.25) is 0 Å². The van der Waals surface area contributed by atoms with Crippen molar-refractivity contribution in [1.29, 1.82) is 0 Å². The van der Waals surface area contributed by atoms with Gasteiger partial charge in [0.05, 0.1) is 13.2 Å². The Labute approximate surface area is 160 Å². The first-order valence-electron chi connectivity index (χ1n) is 8.81. The van der Waals surface area contributed by atoms with Crippen LogP contribution in [0.1, 0.15) is 22.8 Å². The normalized spacial score (nSPS) is 14.7. The average Bonchev–Trinajstić information content (AvgIpc) is 3.08. The van der Waals surface area contributed by atoms with Crippen molar-refractivity contribution >= 4 is 0 Å². The molecular formula is C20H22F3NO4. The molecule has 0 radical (unpaired) electrons. The number of nitrogens with zero attached hydrogens (tertiary/aromatic N) is 1.